The number of ether oxygens (including phenoxy) is 4. The smallest absolute Gasteiger partial charge is 0.417 e. The highest BCUT2D eigenvalue weighted by Crippen LogP contribution is 1.80. The van der Waals surface area contributed by atoms with Gasteiger partial charge >= 0.3 is 23.9 Å². The lowest BCUT2D eigenvalue weighted by molar-refractivity contribution is -0.164. The van der Waals surface area contributed by atoms with E-state index in [1.54, 1.807) is 0 Å². The average molecular weight is 262 g/mol. The zero-order chi connectivity index (χ0) is 14.6. The zero-order valence-corrected chi connectivity index (χ0v) is 10.4. The predicted molar refractivity (Wildman–Crippen MR) is 57.2 cm³/mol. The van der Waals surface area contributed by atoms with Crippen LogP contribution >= 0.6 is 0 Å². The van der Waals surface area contributed by atoms with Crippen LogP contribution in [0, 0.1) is 0 Å². The van der Waals surface area contributed by atoms with E-state index >= 15 is 0 Å². The first-order valence-corrected chi connectivity index (χ1v) is 4.43. The Hall–Kier alpha value is -2.38. The molecule has 0 aliphatic heterocycles. The first-order valence-electron chi connectivity index (χ1n) is 4.43. The Bertz CT molecular complexity index is 299. The van der Waals surface area contributed by atoms with Gasteiger partial charge in [0.25, 0.3) is 0 Å². The van der Waals surface area contributed by atoms with Crippen LogP contribution in [-0.2, 0) is 38.1 Å². The molecule has 8 heteroatoms. The van der Waals surface area contributed by atoms with Crippen LogP contribution in [0.15, 0.2) is 12.2 Å². The molecule has 0 unspecified atom stereocenters. The van der Waals surface area contributed by atoms with E-state index in [-0.39, 0.29) is 0 Å². The molecule has 0 atom stereocenters. The summed E-state index contributed by atoms with van der Waals surface area (Å²) in [7, 11) is 4.67. The maximum Gasteiger partial charge on any atom is 0.417 e. The van der Waals surface area contributed by atoms with Gasteiger partial charge in [-0.05, 0) is 0 Å². The van der Waals surface area contributed by atoms with E-state index in [4.69, 9.17) is 0 Å². The molecule has 8 nitrogen and oxygen atoms in total. The van der Waals surface area contributed by atoms with Crippen molar-refractivity contribution in [1.82, 2.24) is 0 Å². The number of carbonyl (C=O) groups excluding carboxylic acids is 4. The summed E-state index contributed by atoms with van der Waals surface area (Å²) in [5.74, 6) is -3.11. The Morgan fingerprint density at radius 1 is 0.611 bits per heavy atom. The molecule has 0 bridgehead atoms. The third-order valence-electron chi connectivity index (χ3n) is 1.30. The molecule has 0 aliphatic rings. The standard InChI is InChI=1S/C6H8O4.C4H6O4/c1-9-5(7)3-4-6(8)10-2;1-7-3(5)4(6)8-2/h3-4H,1-2H3;1-2H3. The van der Waals surface area contributed by atoms with Gasteiger partial charge in [0.15, 0.2) is 0 Å². The number of hydrogen-bond acceptors (Lipinski definition) is 8. The van der Waals surface area contributed by atoms with Crippen LogP contribution in [0.3, 0.4) is 0 Å². The number of carbonyl (C=O) groups is 4. The first kappa shape index (κ1) is 18.0. The Balaban J connectivity index is 0. The van der Waals surface area contributed by atoms with Gasteiger partial charge in [-0.2, -0.15) is 0 Å². The van der Waals surface area contributed by atoms with Crippen molar-refractivity contribution in [2.75, 3.05) is 28.4 Å². The number of rotatable bonds is 2. The summed E-state index contributed by atoms with van der Waals surface area (Å²) in [4.78, 5) is 40.7. The molecule has 0 fully saturated rings. The largest absolute Gasteiger partial charge is 0.466 e. The molecule has 0 radical (unpaired) electrons. The topological polar surface area (TPSA) is 105 Å². The summed E-state index contributed by atoms with van der Waals surface area (Å²) in [6.45, 7) is 0. The summed E-state index contributed by atoms with van der Waals surface area (Å²) >= 11 is 0. The van der Waals surface area contributed by atoms with Crippen molar-refractivity contribution in [2.24, 2.45) is 0 Å². The van der Waals surface area contributed by atoms with E-state index in [0.717, 1.165) is 26.4 Å². The molecule has 0 aromatic rings. The summed E-state index contributed by atoms with van der Waals surface area (Å²) in [6.07, 6.45) is 1.98. The van der Waals surface area contributed by atoms with Gasteiger partial charge in [0.2, 0.25) is 0 Å². The lowest BCUT2D eigenvalue weighted by Gasteiger charge is -1.92. The van der Waals surface area contributed by atoms with Gasteiger partial charge in [-0.15, -0.1) is 0 Å². The molecule has 0 aromatic heterocycles. The maximum atomic E-state index is 10.3. The fourth-order valence-corrected chi connectivity index (χ4v) is 0.439. The molecule has 18 heavy (non-hydrogen) atoms. The van der Waals surface area contributed by atoms with Crippen molar-refractivity contribution in [3.05, 3.63) is 12.2 Å². The monoisotopic (exact) mass is 262 g/mol. The summed E-state index contributed by atoms with van der Waals surface area (Å²) in [5, 5.41) is 0. The molecular formula is C10H14O8. The normalized spacial score (nSPS) is 8.67. The van der Waals surface area contributed by atoms with Crippen molar-refractivity contribution in [3.8, 4) is 0 Å². The number of esters is 4. The second-order valence-electron chi connectivity index (χ2n) is 2.36. The second kappa shape index (κ2) is 11.1. The zero-order valence-electron chi connectivity index (χ0n) is 10.4. The third kappa shape index (κ3) is 10.1. The van der Waals surface area contributed by atoms with Crippen LogP contribution in [0.25, 0.3) is 0 Å². The van der Waals surface area contributed by atoms with Gasteiger partial charge in [-0.3, -0.25) is 0 Å². The van der Waals surface area contributed by atoms with Crippen molar-refractivity contribution >= 4 is 23.9 Å². The minimum atomic E-state index is -0.979. The molecule has 0 saturated carbocycles. The highest BCUT2D eigenvalue weighted by molar-refractivity contribution is 6.29. The van der Waals surface area contributed by atoms with Crippen molar-refractivity contribution in [1.29, 1.82) is 0 Å². The van der Waals surface area contributed by atoms with Crippen molar-refractivity contribution in [3.63, 3.8) is 0 Å². The Morgan fingerprint density at radius 2 is 0.889 bits per heavy atom. The van der Waals surface area contributed by atoms with Gasteiger partial charge in [0.05, 0.1) is 28.4 Å². The molecule has 0 aliphatic carbocycles. The number of methoxy groups -OCH3 is 4. The molecule has 102 valence electrons. The lowest BCUT2D eigenvalue weighted by Crippen LogP contribution is -2.16. The quantitative estimate of drug-likeness (QED) is 0.276. The lowest BCUT2D eigenvalue weighted by atomic mass is 10.5. The van der Waals surface area contributed by atoms with Gasteiger partial charge < -0.3 is 18.9 Å². The second-order valence-corrected chi connectivity index (χ2v) is 2.36. The SMILES string of the molecule is COC(=O)C(=O)OC.COC(=O)C=CC(=O)OC. The molecule has 0 heterocycles. The van der Waals surface area contributed by atoms with Gasteiger partial charge in [0.1, 0.15) is 0 Å². The van der Waals surface area contributed by atoms with E-state index < -0.39 is 23.9 Å². The van der Waals surface area contributed by atoms with E-state index in [0.29, 0.717) is 0 Å². The molecular weight excluding hydrogens is 248 g/mol. The summed E-state index contributed by atoms with van der Waals surface area (Å²) < 4.78 is 16.4. The van der Waals surface area contributed by atoms with Crippen LogP contribution in [0.2, 0.25) is 0 Å². The molecule has 0 rings (SSSR count). The summed E-state index contributed by atoms with van der Waals surface area (Å²) in [6, 6.07) is 0. The van der Waals surface area contributed by atoms with Crippen molar-refractivity contribution in [2.45, 2.75) is 0 Å². The number of hydrogen-bond donors (Lipinski definition) is 0. The minimum Gasteiger partial charge on any atom is -0.466 e. The minimum absolute atomic E-state index is 0.578. The van der Waals surface area contributed by atoms with E-state index in [1.807, 2.05) is 0 Å². The van der Waals surface area contributed by atoms with Crippen LogP contribution in [-0.4, -0.2) is 52.3 Å². The van der Waals surface area contributed by atoms with Crippen LogP contribution in [0.5, 0.6) is 0 Å². The molecule has 0 N–H and O–H groups in total. The molecule has 0 saturated heterocycles. The molecule has 0 spiro atoms. The van der Waals surface area contributed by atoms with E-state index in [9.17, 15) is 19.2 Å². The van der Waals surface area contributed by atoms with Gasteiger partial charge in [-0.1, -0.05) is 0 Å². The Kier molecular flexibility index (Phi) is 11.1. The third-order valence-corrected chi connectivity index (χ3v) is 1.30. The van der Waals surface area contributed by atoms with Crippen molar-refractivity contribution < 1.29 is 38.1 Å². The Morgan fingerprint density at radius 3 is 1.06 bits per heavy atom. The predicted octanol–water partition coefficient (Wildman–Crippen LogP) is -0.779. The molecule has 0 amide bonds. The fourth-order valence-electron chi connectivity index (χ4n) is 0.439. The first-order chi connectivity index (χ1) is 8.42. The van der Waals surface area contributed by atoms with E-state index in [2.05, 4.69) is 18.9 Å². The highest BCUT2D eigenvalue weighted by Gasteiger charge is 2.11. The maximum absolute atomic E-state index is 10.3. The highest BCUT2D eigenvalue weighted by atomic mass is 16.6. The molecule has 0 aromatic carbocycles. The van der Waals surface area contributed by atoms with Gasteiger partial charge in [-0.25, -0.2) is 19.2 Å². The Labute approximate surface area is 103 Å². The van der Waals surface area contributed by atoms with E-state index in [1.165, 1.54) is 14.2 Å². The fraction of sp³-hybridized carbons (Fsp3) is 0.400. The van der Waals surface area contributed by atoms with Crippen LogP contribution < -0.4 is 0 Å². The van der Waals surface area contributed by atoms with Crippen LogP contribution in [0.4, 0.5) is 0 Å². The van der Waals surface area contributed by atoms with Gasteiger partial charge in [0, 0.05) is 12.2 Å². The van der Waals surface area contributed by atoms with Crippen LogP contribution in [0.1, 0.15) is 0 Å². The average Bonchev–Trinajstić information content (AvgIpc) is 2.42. The summed E-state index contributed by atoms with van der Waals surface area (Å²) in [5.41, 5.74) is 0.